The van der Waals surface area contributed by atoms with Gasteiger partial charge >= 0.3 is 0 Å². The summed E-state index contributed by atoms with van der Waals surface area (Å²) in [4.78, 5) is 24.6. The molecule has 25 heavy (non-hydrogen) atoms. The summed E-state index contributed by atoms with van der Waals surface area (Å²) >= 11 is 0. The number of anilines is 1. The Morgan fingerprint density at radius 1 is 1.08 bits per heavy atom. The van der Waals surface area contributed by atoms with Crippen molar-refractivity contribution in [2.45, 2.75) is 0 Å². The molecule has 0 radical (unpaired) electrons. The molecule has 0 atom stereocenters. The van der Waals surface area contributed by atoms with Gasteiger partial charge in [0.15, 0.2) is 22.7 Å². The van der Waals surface area contributed by atoms with Crippen molar-refractivity contribution < 1.29 is 23.4 Å². The third-order valence-corrected chi connectivity index (χ3v) is 3.79. The number of fused-ring (bicyclic) bond motifs is 2. The maximum atomic E-state index is 12.4. The number of methoxy groups -OCH3 is 1. The van der Waals surface area contributed by atoms with Gasteiger partial charge in [-0.2, -0.15) is 0 Å². The van der Waals surface area contributed by atoms with Gasteiger partial charge in [-0.1, -0.05) is 0 Å². The molecule has 4 rings (SSSR count). The normalized spacial score (nSPS) is 12.2. The molecule has 2 aromatic carbocycles. The molecule has 1 amide bonds. The monoisotopic (exact) mass is 339 g/mol. The molecular weight excluding hydrogens is 326 g/mol. The van der Waals surface area contributed by atoms with E-state index in [1.807, 2.05) is 0 Å². The number of nitrogens with one attached hydrogen (secondary N) is 1. The Labute approximate surface area is 141 Å². The van der Waals surface area contributed by atoms with E-state index >= 15 is 0 Å². The highest BCUT2D eigenvalue weighted by Gasteiger charge is 2.17. The number of ether oxygens (including phenoxy) is 3. The summed E-state index contributed by atoms with van der Waals surface area (Å²) in [5.74, 6) is 1.05. The van der Waals surface area contributed by atoms with Crippen LogP contribution in [-0.2, 0) is 0 Å². The molecule has 7 heteroatoms. The summed E-state index contributed by atoms with van der Waals surface area (Å²) in [6.45, 7) is 0.147. The molecule has 1 aliphatic rings. The van der Waals surface area contributed by atoms with Crippen molar-refractivity contribution in [1.82, 2.24) is 0 Å². The standard InChI is InChI=1S/C18H13NO6/c1-22-11-3-4-12-13(20)8-17(25-15(12)7-11)18(21)19-10-2-5-14-16(6-10)24-9-23-14/h2-8H,9H2,1H3,(H,19,21). The van der Waals surface area contributed by atoms with Gasteiger partial charge in [0.2, 0.25) is 6.79 Å². The zero-order chi connectivity index (χ0) is 17.4. The van der Waals surface area contributed by atoms with Gasteiger partial charge in [-0.3, -0.25) is 9.59 Å². The molecular formula is C18H13NO6. The molecule has 0 aliphatic carbocycles. The number of carbonyl (C=O) groups excluding carboxylic acids is 1. The average Bonchev–Trinajstić information content (AvgIpc) is 3.08. The van der Waals surface area contributed by atoms with E-state index in [1.54, 1.807) is 36.4 Å². The first-order valence-corrected chi connectivity index (χ1v) is 7.47. The Balaban J connectivity index is 1.66. The molecule has 0 spiro atoms. The van der Waals surface area contributed by atoms with Gasteiger partial charge in [-0.25, -0.2) is 0 Å². The summed E-state index contributed by atoms with van der Waals surface area (Å²) in [5.41, 5.74) is 0.477. The van der Waals surface area contributed by atoms with Crippen molar-refractivity contribution in [1.29, 1.82) is 0 Å². The number of amides is 1. The fourth-order valence-electron chi connectivity index (χ4n) is 2.54. The quantitative estimate of drug-likeness (QED) is 0.789. The van der Waals surface area contributed by atoms with Gasteiger partial charge in [0.1, 0.15) is 11.3 Å². The second-order valence-corrected chi connectivity index (χ2v) is 5.36. The molecule has 2 heterocycles. The molecule has 0 fully saturated rings. The van der Waals surface area contributed by atoms with E-state index in [2.05, 4.69) is 5.32 Å². The minimum Gasteiger partial charge on any atom is -0.497 e. The van der Waals surface area contributed by atoms with Crippen LogP contribution in [0.4, 0.5) is 5.69 Å². The van der Waals surface area contributed by atoms with Crippen LogP contribution in [0.3, 0.4) is 0 Å². The molecule has 0 unspecified atom stereocenters. The van der Waals surface area contributed by atoms with E-state index in [4.69, 9.17) is 18.6 Å². The summed E-state index contributed by atoms with van der Waals surface area (Å²) in [6.07, 6.45) is 0. The summed E-state index contributed by atoms with van der Waals surface area (Å²) in [5, 5.41) is 3.05. The van der Waals surface area contributed by atoms with Crippen LogP contribution in [0.1, 0.15) is 10.6 Å². The lowest BCUT2D eigenvalue weighted by atomic mass is 10.2. The number of hydrogen-bond donors (Lipinski definition) is 1. The van der Waals surface area contributed by atoms with Crippen LogP contribution in [0.15, 0.2) is 51.7 Å². The van der Waals surface area contributed by atoms with Crippen molar-refractivity contribution in [3.63, 3.8) is 0 Å². The predicted octanol–water partition coefficient (Wildman–Crippen LogP) is 2.78. The SMILES string of the molecule is COc1ccc2c(=O)cc(C(=O)Nc3ccc4c(c3)OCO4)oc2c1. The Bertz CT molecular complexity index is 1040. The van der Waals surface area contributed by atoms with E-state index in [0.29, 0.717) is 28.3 Å². The predicted molar refractivity (Wildman–Crippen MR) is 89.6 cm³/mol. The zero-order valence-corrected chi connectivity index (χ0v) is 13.2. The highest BCUT2D eigenvalue weighted by molar-refractivity contribution is 6.03. The van der Waals surface area contributed by atoms with Crippen LogP contribution in [0.2, 0.25) is 0 Å². The van der Waals surface area contributed by atoms with Crippen LogP contribution >= 0.6 is 0 Å². The highest BCUT2D eigenvalue weighted by Crippen LogP contribution is 2.34. The van der Waals surface area contributed by atoms with Gasteiger partial charge in [-0.15, -0.1) is 0 Å². The van der Waals surface area contributed by atoms with Gasteiger partial charge in [0.05, 0.1) is 12.5 Å². The number of rotatable bonds is 3. The van der Waals surface area contributed by atoms with Crippen molar-refractivity contribution in [2.75, 3.05) is 19.2 Å². The minimum atomic E-state index is -0.541. The first-order chi connectivity index (χ1) is 12.1. The van der Waals surface area contributed by atoms with E-state index in [0.717, 1.165) is 6.07 Å². The lowest BCUT2D eigenvalue weighted by Crippen LogP contribution is -2.15. The maximum Gasteiger partial charge on any atom is 0.291 e. The van der Waals surface area contributed by atoms with Gasteiger partial charge < -0.3 is 23.9 Å². The molecule has 0 saturated heterocycles. The number of carbonyl (C=O) groups is 1. The molecule has 0 saturated carbocycles. The minimum absolute atomic E-state index is 0.0941. The summed E-state index contributed by atoms with van der Waals surface area (Å²) in [6, 6.07) is 11.0. The number of benzene rings is 2. The molecule has 1 aliphatic heterocycles. The van der Waals surface area contributed by atoms with Crippen LogP contribution in [0, 0.1) is 0 Å². The molecule has 126 valence electrons. The molecule has 1 aromatic heterocycles. The first-order valence-electron chi connectivity index (χ1n) is 7.47. The van der Waals surface area contributed by atoms with Gasteiger partial charge in [-0.05, 0) is 24.3 Å². The van der Waals surface area contributed by atoms with Crippen molar-refractivity contribution >= 4 is 22.6 Å². The summed E-state index contributed by atoms with van der Waals surface area (Å²) in [7, 11) is 1.51. The van der Waals surface area contributed by atoms with Crippen molar-refractivity contribution in [3.05, 3.63) is 58.4 Å². The van der Waals surface area contributed by atoms with E-state index in [-0.39, 0.29) is 23.6 Å². The van der Waals surface area contributed by atoms with Crippen LogP contribution < -0.4 is 25.0 Å². The van der Waals surface area contributed by atoms with Gasteiger partial charge in [0.25, 0.3) is 5.91 Å². The first kappa shape index (κ1) is 15.1. The molecule has 0 bridgehead atoms. The van der Waals surface area contributed by atoms with Crippen molar-refractivity contribution in [2.24, 2.45) is 0 Å². The maximum absolute atomic E-state index is 12.4. The van der Waals surface area contributed by atoms with Crippen LogP contribution in [0.5, 0.6) is 17.2 Å². The topological polar surface area (TPSA) is 87.0 Å². The average molecular weight is 339 g/mol. The van der Waals surface area contributed by atoms with E-state index in [1.165, 1.54) is 7.11 Å². The Kier molecular flexibility index (Phi) is 3.53. The molecule has 3 aromatic rings. The van der Waals surface area contributed by atoms with Gasteiger partial charge in [0, 0.05) is 23.9 Å². The Morgan fingerprint density at radius 2 is 1.92 bits per heavy atom. The Hall–Kier alpha value is -3.48. The van der Waals surface area contributed by atoms with Crippen LogP contribution in [0.25, 0.3) is 11.0 Å². The third kappa shape index (κ3) is 2.76. The Morgan fingerprint density at radius 3 is 2.76 bits per heavy atom. The van der Waals surface area contributed by atoms with Crippen molar-refractivity contribution in [3.8, 4) is 17.2 Å². The second-order valence-electron chi connectivity index (χ2n) is 5.36. The zero-order valence-electron chi connectivity index (χ0n) is 13.2. The van der Waals surface area contributed by atoms with E-state index < -0.39 is 5.91 Å². The number of hydrogen-bond acceptors (Lipinski definition) is 6. The fraction of sp³-hybridized carbons (Fsp3) is 0.111. The molecule has 1 N–H and O–H groups in total. The second kappa shape index (κ2) is 5.86. The smallest absolute Gasteiger partial charge is 0.291 e. The van der Waals surface area contributed by atoms with Crippen LogP contribution in [-0.4, -0.2) is 19.8 Å². The lowest BCUT2D eigenvalue weighted by molar-refractivity contribution is 0.0997. The highest BCUT2D eigenvalue weighted by atomic mass is 16.7. The van der Waals surface area contributed by atoms with E-state index in [9.17, 15) is 9.59 Å². The summed E-state index contributed by atoms with van der Waals surface area (Å²) < 4.78 is 21.2. The largest absolute Gasteiger partial charge is 0.497 e. The lowest BCUT2D eigenvalue weighted by Gasteiger charge is -2.07. The fourth-order valence-corrected chi connectivity index (χ4v) is 2.54. The third-order valence-electron chi connectivity index (χ3n) is 3.79. The molecule has 7 nitrogen and oxygen atoms in total.